The van der Waals surface area contributed by atoms with Gasteiger partial charge in [0.2, 0.25) is 0 Å². The van der Waals surface area contributed by atoms with Gasteiger partial charge in [-0.15, -0.1) is 0 Å². The molecule has 2 saturated carbocycles. The number of hydrogen-bond donors (Lipinski definition) is 2. The van der Waals surface area contributed by atoms with Crippen molar-refractivity contribution in [2.45, 2.75) is 44.9 Å². The fraction of sp³-hybridized carbons (Fsp3) is 1.00. The molecule has 15 heavy (non-hydrogen) atoms. The first-order valence-corrected chi connectivity index (χ1v) is 6.86. The van der Waals surface area contributed by atoms with Crippen LogP contribution < -0.4 is 10.6 Å². The molecule has 1 aliphatic heterocycles. The molecular formula is C13H26N2. The summed E-state index contributed by atoms with van der Waals surface area (Å²) in [5.74, 6) is 2.32. The Labute approximate surface area is 94.2 Å². The molecule has 0 radical (unpaired) electrons. The van der Waals surface area contributed by atoms with E-state index in [1.807, 2.05) is 0 Å². The fourth-order valence-corrected chi connectivity index (χ4v) is 3.16. The number of fused-ring (bicyclic) bond motifs is 2. The molecule has 3 aliphatic rings. The van der Waals surface area contributed by atoms with E-state index in [4.69, 9.17) is 0 Å². The van der Waals surface area contributed by atoms with Crippen LogP contribution in [0, 0.1) is 11.8 Å². The Morgan fingerprint density at radius 2 is 1.20 bits per heavy atom. The lowest BCUT2D eigenvalue weighted by Gasteiger charge is -2.16. The van der Waals surface area contributed by atoms with Crippen molar-refractivity contribution in [3.8, 4) is 0 Å². The molecule has 0 aromatic carbocycles. The van der Waals surface area contributed by atoms with Crippen LogP contribution in [0.1, 0.15) is 44.9 Å². The molecule has 2 N–H and O–H groups in total. The molecule has 2 unspecified atom stereocenters. The topological polar surface area (TPSA) is 24.1 Å². The molecule has 0 spiro atoms. The lowest BCUT2D eigenvalue weighted by Crippen LogP contribution is -2.21. The number of nitrogens with one attached hydrogen (secondary N) is 2. The predicted octanol–water partition coefficient (Wildman–Crippen LogP) is 2.16. The summed E-state index contributed by atoms with van der Waals surface area (Å²) >= 11 is 0. The van der Waals surface area contributed by atoms with E-state index in [9.17, 15) is 0 Å². The van der Waals surface area contributed by atoms with Gasteiger partial charge in [0.1, 0.15) is 0 Å². The highest BCUT2D eigenvalue weighted by molar-refractivity contribution is 4.80. The van der Waals surface area contributed by atoms with Crippen molar-refractivity contribution in [1.29, 1.82) is 0 Å². The Balaban J connectivity index is 0.000000115. The van der Waals surface area contributed by atoms with E-state index in [2.05, 4.69) is 10.6 Å². The largest absolute Gasteiger partial charge is 0.315 e. The summed E-state index contributed by atoms with van der Waals surface area (Å²) in [6.07, 6.45) is 10.6. The maximum absolute atomic E-state index is 3.28. The highest BCUT2D eigenvalue weighted by atomic mass is 15.0. The molecule has 2 nitrogen and oxygen atoms in total. The Kier molecular flexibility index (Phi) is 4.94. The first-order chi connectivity index (χ1) is 7.45. The summed E-state index contributed by atoms with van der Waals surface area (Å²) in [6, 6.07) is 0. The molecule has 0 aromatic rings. The van der Waals surface area contributed by atoms with Crippen molar-refractivity contribution in [1.82, 2.24) is 10.6 Å². The molecule has 3 fully saturated rings. The standard InChI is InChI=1S/C8H14.C5H12N2/c1-2-7-4-5-8(3-1)6-7;1-2-6-4-5-7-3-1/h7-8H,1-6H2;6-7H,1-5H2. The molecule has 2 bridgehead atoms. The van der Waals surface area contributed by atoms with Crippen molar-refractivity contribution >= 4 is 0 Å². The van der Waals surface area contributed by atoms with Crippen LogP contribution in [-0.4, -0.2) is 26.2 Å². The Morgan fingerprint density at radius 3 is 1.73 bits per heavy atom. The third kappa shape index (κ3) is 4.12. The second kappa shape index (κ2) is 6.49. The molecular weight excluding hydrogens is 184 g/mol. The Morgan fingerprint density at radius 1 is 0.600 bits per heavy atom. The van der Waals surface area contributed by atoms with Crippen molar-refractivity contribution < 1.29 is 0 Å². The summed E-state index contributed by atoms with van der Waals surface area (Å²) in [6.45, 7) is 4.65. The minimum absolute atomic E-state index is 1.14. The number of rotatable bonds is 0. The third-order valence-corrected chi connectivity index (χ3v) is 4.06. The van der Waals surface area contributed by atoms with E-state index in [0.29, 0.717) is 0 Å². The lowest BCUT2D eigenvalue weighted by atomic mass is 9.89. The van der Waals surface area contributed by atoms with Crippen LogP contribution in [-0.2, 0) is 0 Å². The first kappa shape index (κ1) is 11.4. The molecule has 88 valence electrons. The monoisotopic (exact) mass is 210 g/mol. The van der Waals surface area contributed by atoms with Gasteiger partial charge in [0.15, 0.2) is 0 Å². The van der Waals surface area contributed by atoms with Gasteiger partial charge >= 0.3 is 0 Å². The van der Waals surface area contributed by atoms with Crippen LogP contribution in [0.25, 0.3) is 0 Å². The molecule has 1 heterocycles. The van der Waals surface area contributed by atoms with Gasteiger partial charge in [-0.3, -0.25) is 0 Å². The van der Waals surface area contributed by atoms with E-state index < -0.39 is 0 Å². The molecule has 2 aliphatic carbocycles. The predicted molar refractivity (Wildman–Crippen MR) is 65.0 cm³/mol. The minimum atomic E-state index is 1.14. The summed E-state index contributed by atoms with van der Waals surface area (Å²) in [4.78, 5) is 0. The Hall–Kier alpha value is -0.0800. The molecule has 2 heteroatoms. The number of hydrogen-bond acceptors (Lipinski definition) is 2. The zero-order valence-electron chi connectivity index (χ0n) is 9.93. The van der Waals surface area contributed by atoms with Crippen molar-refractivity contribution in [2.75, 3.05) is 26.2 Å². The smallest absolute Gasteiger partial charge is 0.00767 e. The maximum atomic E-state index is 3.28. The van der Waals surface area contributed by atoms with Crippen molar-refractivity contribution in [2.24, 2.45) is 11.8 Å². The van der Waals surface area contributed by atoms with Gasteiger partial charge in [0.05, 0.1) is 0 Å². The molecule has 0 amide bonds. The second-order valence-electron chi connectivity index (χ2n) is 5.33. The third-order valence-electron chi connectivity index (χ3n) is 4.06. The normalized spacial score (nSPS) is 35.2. The van der Waals surface area contributed by atoms with E-state index in [0.717, 1.165) is 24.9 Å². The van der Waals surface area contributed by atoms with Gasteiger partial charge < -0.3 is 10.6 Å². The zero-order valence-corrected chi connectivity index (χ0v) is 9.93. The molecule has 1 saturated heterocycles. The highest BCUT2D eigenvalue weighted by Gasteiger charge is 2.27. The van der Waals surface area contributed by atoms with Gasteiger partial charge in [0, 0.05) is 13.1 Å². The van der Waals surface area contributed by atoms with E-state index in [1.165, 1.54) is 25.9 Å². The quantitative estimate of drug-likeness (QED) is 0.640. The van der Waals surface area contributed by atoms with Gasteiger partial charge in [0.25, 0.3) is 0 Å². The van der Waals surface area contributed by atoms with Crippen LogP contribution in [0.3, 0.4) is 0 Å². The average Bonchev–Trinajstić information content (AvgIpc) is 2.54. The summed E-state index contributed by atoms with van der Waals surface area (Å²) < 4.78 is 0. The van der Waals surface area contributed by atoms with Crippen LogP contribution in [0.4, 0.5) is 0 Å². The summed E-state index contributed by atoms with van der Waals surface area (Å²) in [5.41, 5.74) is 0. The fourth-order valence-electron chi connectivity index (χ4n) is 3.16. The highest BCUT2D eigenvalue weighted by Crippen LogP contribution is 2.41. The summed E-state index contributed by atoms with van der Waals surface area (Å²) in [7, 11) is 0. The Bertz CT molecular complexity index is 136. The van der Waals surface area contributed by atoms with Crippen LogP contribution in [0.15, 0.2) is 0 Å². The van der Waals surface area contributed by atoms with Crippen LogP contribution in [0.5, 0.6) is 0 Å². The van der Waals surface area contributed by atoms with Crippen LogP contribution >= 0.6 is 0 Å². The average molecular weight is 210 g/mol. The van der Waals surface area contributed by atoms with Gasteiger partial charge in [-0.05, 0) is 37.8 Å². The second-order valence-corrected chi connectivity index (χ2v) is 5.33. The first-order valence-electron chi connectivity index (χ1n) is 6.86. The molecule has 3 rings (SSSR count). The maximum Gasteiger partial charge on any atom is 0.00767 e. The van der Waals surface area contributed by atoms with Gasteiger partial charge in [-0.1, -0.05) is 32.1 Å². The van der Waals surface area contributed by atoms with Crippen molar-refractivity contribution in [3.63, 3.8) is 0 Å². The summed E-state index contributed by atoms with van der Waals surface area (Å²) in [5, 5.41) is 6.57. The lowest BCUT2D eigenvalue weighted by molar-refractivity contribution is 0.359. The SMILES string of the molecule is C1CC2CCC(C1)C2.C1CNCCNC1. The minimum Gasteiger partial charge on any atom is -0.315 e. The zero-order chi connectivity index (χ0) is 10.3. The van der Waals surface area contributed by atoms with Gasteiger partial charge in [-0.2, -0.15) is 0 Å². The van der Waals surface area contributed by atoms with E-state index in [-0.39, 0.29) is 0 Å². The molecule has 0 aromatic heterocycles. The molecule has 2 atom stereocenters. The van der Waals surface area contributed by atoms with Gasteiger partial charge in [-0.25, -0.2) is 0 Å². The van der Waals surface area contributed by atoms with E-state index in [1.54, 1.807) is 32.1 Å². The van der Waals surface area contributed by atoms with Crippen molar-refractivity contribution in [3.05, 3.63) is 0 Å². The van der Waals surface area contributed by atoms with Crippen LogP contribution in [0.2, 0.25) is 0 Å². The van der Waals surface area contributed by atoms with E-state index >= 15 is 0 Å².